The second-order valence-corrected chi connectivity index (χ2v) is 9.27. The summed E-state index contributed by atoms with van der Waals surface area (Å²) in [5, 5.41) is 23.3. The quantitative estimate of drug-likeness (QED) is 0.152. The number of nitro benzene ring substituents is 1. The Morgan fingerprint density at radius 3 is 2.53 bits per heavy atom. The molecule has 1 N–H and O–H groups in total. The van der Waals surface area contributed by atoms with Gasteiger partial charge in [-0.2, -0.15) is 0 Å². The maximum atomic E-state index is 12.8. The molecule has 1 heterocycles. The minimum Gasteiger partial charge on any atom is -0.494 e. The summed E-state index contributed by atoms with van der Waals surface area (Å²) in [5.74, 6) is 1.18. The number of aryl methyl sites for hydroxylation is 2. The molecule has 0 unspecified atom stereocenters. The molecular weight excluding hydrogens is 506 g/mol. The van der Waals surface area contributed by atoms with E-state index in [1.54, 1.807) is 13.0 Å². The fourth-order valence-corrected chi connectivity index (χ4v) is 4.55. The molecule has 10 nitrogen and oxygen atoms in total. The molecule has 3 aromatic carbocycles. The van der Waals surface area contributed by atoms with E-state index < -0.39 is 10.8 Å². The number of amides is 1. The molecular formula is C27H27N5O5S. The third-order valence-electron chi connectivity index (χ3n) is 5.49. The molecule has 0 bridgehead atoms. The van der Waals surface area contributed by atoms with Crippen molar-refractivity contribution in [1.82, 2.24) is 14.8 Å². The Balaban J connectivity index is 1.54. The third-order valence-corrected chi connectivity index (χ3v) is 6.42. The lowest BCUT2D eigenvalue weighted by molar-refractivity contribution is -0.384. The highest BCUT2D eigenvalue weighted by molar-refractivity contribution is 7.99. The Bertz CT molecular complexity index is 1440. The number of para-hydroxylation sites is 1. The minimum absolute atomic E-state index is 0.0348. The van der Waals surface area contributed by atoms with E-state index in [0.717, 1.165) is 16.8 Å². The molecule has 196 valence electrons. The highest BCUT2D eigenvalue weighted by Crippen LogP contribution is 2.30. The molecule has 0 aliphatic rings. The Labute approximate surface area is 224 Å². The zero-order valence-corrected chi connectivity index (χ0v) is 22.0. The van der Waals surface area contributed by atoms with Crippen molar-refractivity contribution < 1.29 is 19.2 Å². The fraction of sp³-hybridized carbons (Fsp3) is 0.222. The van der Waals surface area contributed by atoms with Crippen molar-refractivity contribution in [3.63, 3.8) is 0 Å². The van der Waals surface area contributed by atoms with Gasteiger partial charge < -0.3 is 14.8 Å². The number of rotatable bonds is 11. The van der Waals surface area contributed by atoms with Crippen LogP contribution in [-0.4, -0.2) is 38.0 Å². The number of nitro groups is 1. The van der Waals surface area contributed by atoms with Crippen LogP contribution in [0.5, 0.6) is 11.5 Å². The van der Waals surface area contributed by atoms with Gasteiger partial charge in [0.25, 0.3) is 5.69 Å². The van der Waals surface area contributed by atoms with Crippen LogP contribution in [0.25, 0.3) is 5.69 Å². The molecule has 0 atom stereocenters. The SMILES string of the molecule is CCOc1ccc(NC(=O)CSc2nnc(COc3ccccc3)n2-c2ccc(C)cc2C)c([N+](=O)[O-])c1. The van der Waals surface area contributed by atoms with Gasteiger partial charge in [-0.05, 0) is 56.7 Å². The first kappa shape index (κ1) is 26.7. The normalized spacial score (nSPS) is 10.7. The third kappa shape index (κ3) is 6.48. The number of benzene rings is 3. The van der Waals surface area contributed by atoms with Gasteiger partial charge in [0.1, 0.15) is 23.8 Å². The number of carbonyl (C=O) groups excluding carboxylic acids is 1. The maximum Gasteiger partial charge on any atom is 0.296 e. The Hall–Kier alpha value is -4.38. The van der Waals surface area contributed by atoms with E-state index in [4.69, 9.17) is 9.47 Å². The van der Waals surface area contributed by atoms with Gasteiger partial charge in [-0.1, -0.05) is 47.7 Å². The average Bonchev–Trinajstić information content (AvgIpc) is 3.30. The van der Waals surface area contributed by atoms with Crippen molar-refractivity contribution in [3.05, 3.63) is 93.8 Å². The zero-order chi connectivity index (χ0) is 27.1. The highest BCUT2D eigenvalue weighted by Gasteiger charge is 2.20. The van der Waals surface area contributed by atoms with Gasteiger partial charge in [-0.25, -0.2) is 0 Å². The smallest absolute Gasteiger partial charge is 0.296 e. The largest absolute Gasteiger partial charge is 0.494 e. The van der Waals surface area contributed by atoms with Crippen LogP contribution in [0.15, 0.2) is 71.9 Å². The first-order valence-electron chi connectivity index (χ1n) is 11.9. The van der Waals surface area contributed by atoms with Gasteiger partial charge in [-0.15, -0.1) is 10.2 Å². The van der Waals surface area contributed by atoms with Crippen LogP contribution in [0.4, 0.5) is 11.4 Å². The molecule has 0 aliphatic heterocycles. The zero-order valence-electron chi connectivity index (χ0n) is 21.2. The number of hydrogen-bond donors (Lipinski definition) is 1. The molecule has 1 aromatic heterocycles. The van der Waals surface area contributed by atoms with Crippen molar-refractivity contribution in [2.75, 3.05) is 17.7 Å². The summed E-state index contributed by atoms with van der Waals surface area (Å²) in [7, 11) is 0. The predicted octanol–water partition coefficient (Wildman–Crippen LogP) is 5.50. The summed E-state index contributed by atoms with van der Waals surface area (Å²) in [6.45, 7) is 6.35. The first-order chi connectivity index (χ1) is 18.4. The van der Waals surface area contributed by atoms with Crippen molar-refractivity contribution in [3.8, 4) is 17.2 Å². The van der Waals surface area contributed by atoms with E-state index in [0.29, 0.717) is 29.1 Å². The molecule has 0 spiro atoms. The van der Waals surface area contributed by atoms with E-state index in [1.165, 1.54) is 23.9 Å². The topological polar surface area (TPSA) is 121 Å². The van der Waals surface area contributed by atoms with Crippen molar-refractivity contribution in [2.45, 2.75) is 32.5 Å². The number of hydrogen-bond acceptors (Lipinski definition) is 8. The van der Waals surface area contributed by atoms with Crippen molar-refractivity contribution in [1.29, 1.82) is 0 Å². The standard InChI is InChI=1S/C27H27N5O5S/c1-4-36-21-11-12-22(24(15-21)32(34)35)28-26(33)17-38-27-30-29-25(16-37-20-8-6-5-7-9-20)31(27)23-13-10-18(2)14-19(23)3/h5-15H,4,16-17H2,1-3H3,(H,28,33). The molecule has 0 saturated heterocycles. The maximum absolute atomic E-state index is 12.8. The lowest BCUT2D eigenvalue weighted by Crippen LogP contribution is -2.16. The van der Waals surface area contributed by atoms with E-state index in [2.05, 4.69) is 21.6 Å². The lowest BCUT2D eigenvalue weighted by Gasteiger charge is -2.14. The number of aromatic nitrogens is 3. The summed E-state index contributed by atoms with van der Waals surface area (Å²) in [4.78, 5) is 23.7. The van der Waals surface area contributed by atoms with Gasteiger partial charge in [0.05, 0.1) is 29.0 Å². The van der Waals surface area contributed by atoms with Gasteiger partial charge in [-0.3, -0.25) is 19.5 Å². The van der Waals surface area contributed by atoms with E-state index in [-0.39, 0.29) is 23.7 Å². The van der Waals surface area contributed by atoms with Crippen LogP contribution in [0.1, 0.15) is 23.9 Å². The van der Waals surface area contributed by atoms with E-state index in [9.17, 15) is 14.9 Å². The van der Waals surface area contributed by atoms with Gasteiger partial charge >= 0.3 is 0 Å². The van der Waals surface area contributed by atoms with Crippen LogP contribution >= 0.6 is 11.8 Å². The molecule has 0 radical (unpaired) electrons. The number of nitrogens with zero attached hydrogens (tertiary/aromatic N) is 4. The molecule has 0 fully saturated rings. The van der Waals surface area contributed by atoms with E-state index >= 15 is 0 Å². The summed E-state index contributed by atoms with van der Waals surface area (Å²) in [6, 6.07) is 19.8. The van der Waals surface area contributed by atoms with Crippen LogP contribution in [0, 0.1) is 24.0 Å². The van der Waals surface area contributed by atoms with Crippen LogP contribution in [0.2, 0.25) is 0 Å². The highest BCUT2D eigenvalue weighted by atomic mass is 32.2. The lowest BCUT2D eigenvalue weighted by atomic mass is 10.1. The fourth-order valence-electron chi connectivity index (χ4n) is 3.79. The number of carbonyl (C=O) groups is 1. The van der Waals surface area contributed by atoms with Crippen LogP contribution < -0.4 is 14.8 Å². The number of anilines is 1. The average molecular weight is 534 g/mol. The van der Waals surface area contributed by atoms with Crippen LogP contribution in [0.3, 0.4) is 0 Å². The molecule has 4 aromatic rings. The first-order valence-corrected chi connectivity index (χ1v) is 12.9. The Morgan fingerprint density at radius 1 is 1.03 bits per heavy atom. The molecule has 0 aliphatic carbocycles. The summed E-state index contributed by atoms with van der Waals surface area (Å²) in [6.07, 6.45) is 0. The monoisotopic (exact) mass is 533 g/mol. The second kappa shape index (κ2) is 12.2. The Morgan fingerprint density at radius 2 is 1.82 bits per heavy atom. The summed E-state index contributed by atoms with van der Waals surface area (Å²) in [5.41, 5.74) is 2.86. The molecule has 0 saturated carbocycles. The van der Waals surface area contributed by atoms with Gasteiger partial charge in [0.2, 0.25) is 5.91 Å². The van der Waals surface area contributed by atoms with Gasteiger partial charge in [0.15, 0.2) is 11.0 Å². The molecule has 11 heteroatoms. The molecule has 4 rings (SSSR count). The van der Waals surface area contributed by atoms with Gasteiger partial charge in [0, 0.05) is 0 Å². The van der Waals surface area contributed by atoms with Crippen molar-refractivity contribution >= 4 is 29.0 Å². The van der Waals surface area contributed by atoms with E-state index in [1.807, 2.05) is 60.9 Å². The molecule has 38 heavy (non-hydrogen) atoms. The predicted molar refractivity (Wildman–Crippen MR) is 145 cm³/mol. The molecule has 1 amide bonds. The number of nitrogens with one attached hydrogen (secondary N) is 1. The number of ether oxygens (including phenoxy) is 2. The van der Waals surface area contributed by atoms with Crippen molar-refractivity contribution in [2.24, 2.45) is 0 Å². The minimum atomic E-state index is -0.554. The number of thioether (sulfide) groups is 1. The second-order valence-electron chi connectivity index (χ2n) is 8.33. The Kier molecular flexibility index (Phi) is 8.59. The van der Waals surface area contributed by atoms with Crippen LogP contribution in [-0.2, 0) is 11.4 Å². The summed E-state index contributed by atoms with van der Waals surface area (Å²) >= 11 is 1.18. The summed E-state index contributed by atoms with van der Waals surface area (Å²) < 4.78 is 13.1.